The molecular weight excluding hydrogens is 182 g/mol. The molecule has 0 aromatic rings. The SMILES string of the molecule is CC.CC.CCCC1(CC)CNC1CC. The third-order valence-electron chi connectivity index (χ3n) is 3.30. The van der Waals surface area contributed by atoms with Crippen molar-refractivity contribution in [3.63, 3.8) is 0 Å². The quantitative estimate of drug-likeness (QED) is 0.721. The Morgan fingerprint density at radius 2 is 1.60 bits per heavy atom. The van der Waals surface area contributed by atoms with Gasteiger partial charge in [0.1, 0.15) is 0 Å². The molecule has 2 atom stereocenters. The Labute approximate surface area is 98.0 Å². The Morgan fingerprint density at radius 1 is 1.07 bits per heavy atom. The van der Waals surface area contributed by atoms with Crippen LogP contribution in [0.4, 0.5) is 0 Å². The van der Waals surface area contributed by atoms with Crippen molar-refractivity contribution in [3.05, 3.63) is 0 Å². The molecule has 1 rings (SSSR count). The predicted octanol–water partition coefficient (Wildman–Crippen LogP) is 4.62. The average molecular weight is 215 g/mol. The topological polar surface area (TPSA) is 12.0 Å². The van der Waals surface area contributed by atoms with Crippen molar-refractivity contribution in [1.29, 1.82) is 0 Å². The van der Waals surface area contributed by atoms with Crippen molar-refractivity contribution in [1.82, 2.24) is 5.32 Å². The van der Waals surface area contributed by atoms with Gasteiger partial charge in [0, 0.05) is 12.6 Å². The van der Waals surface area contributed by atoms with Crippen LogP contribution >= 0.6 is 0 Å². The molecule has 1 heteroatoms. The van der Waals surface area contributed by atoms with Crippen LogP contribution in [0.25, 0.3) is 0 Å². The molecule has 0 radical (unpaired) electrons. The van der Waals surface area contributed by atoms with Crippen LogP contribution < -0.4 is 5.32 Å². The molecule has 0 spiro atoms. The van der Waals surface area contributed by atoms with E-state index in [4.69, 9.17) is 0 Å². The first-order valence-corrected chi connectivity index (χ1v) is 7.02. The molecule has 1 N–H and O–H groups in total. The summed E-state index contributed by atoms with van der Waals surface area (Å²) in [7, 11) is 0. The second-order valence-electron chi connectivity index (χ2n) is 3.81. The molecule has 0 aromatic carbocycles. The molecule has 1 aliphatic heterocycles. The first kappa shape index (κ1) is 17.4. The summed E-state index contributed by atoms with van der Waals surface area (Å²) in [5.41, 5.74) is 0.670. The highest BCUT2D eigenvalue weighted by molar-refractivity contribution is 4.99. The van der Waals surface area contributed by atoms with Crippen molar-refractivity contribution < 1.29 is 0 Å². The summed E-state index contributed by atoms with van der Waals surface area (Å²) < 4.78 is 0. The molecule has 1 fully saturated rings. The van der Waals surface area contributed by atoms with Crippen LogP contribution in [0.15, 0.2) is 0 Å². The number of rotatable bonds is 4. The molecule has 1 aliphatic rings. The molecule has 0 aliphatic carbocycles. The van der Waals surface area contributed by atoms with E-state index in [0.717, 1.165) is 6.04 Å². The Hall–Kier alpha value is -0.0400. The molecule has 0 amide bonds. The molecule has 0 bridgehead atoms. The molecule has 15 heavy (non-hydrogen) atoms. The summed E-state index contributed by atoms with van der Waals surface area (Å²) in [6.07, 6.45) is 5.40. The monoisotopic (exact) mass is 215 g/mol. The standard InChI is InChI=1S/C10H21N.2C2H6/c1-4-7-10(6-3)8-11-9(10)5-2;2*1-2/h9,11H,4-8H2,1-3H3;2*1-2H3. The third-order valence-corrected chi connectivity index (χ3v) is 3.30. The summed E-state index contributed by atoms with van der Waals surface area (Å²) in [6.45, 7) is 16.2. The average Bonchev–Trinajstić information content (AvgIpc) is 2.30. The largest absolute Gasteiger partial charge is 0.313 e. The fourth-order valence-corrected chi connectivity index (χ4v) is 2.42. The molecule has 94 valence electrons. The van der Waals surface area contributed by atoms with Gasteiger partial charge in [0.2, 0.25) is 0 Å². The zero-order valence-electron chi connectivity index (χ0n) is 12.1. The van der Waals surface area contributed by atoms with Crippen molar-refractivity contribution in [2.75, 3.05) is 6.54 Å². The van der Waals surface area contributed by atoms with Crippen LogP contribution in [0, 0.1) is 5.41 Å². The molecule has 0 saturated carbocycles. The van der Waals surface area contributed by atoms with Gasteiger partial charge in [0.05, 0.1) is 0 Å². The minimum absolute atomic E-state index is 0.670. The van der Waals surface area contributed by atoms with E-state index in [2.05, 4.69) is 26.1 Å². The molecule has 1 heterocycles. The maximum Gasteiger partial charge on any atom is 0.0133 e. The van der Waals surface area contributed by atoms with Gasteiger partial charge in [-0.2, -0.15) is 0 Å². The van der Waals surface area contributed by atoms with Gasteiger partial charge in [0.15, 0.2) is 0 Å². The van der Waals surface area contributed by atoms with Gasteiger partial charge in [-0.15, -0.1) is 0 Å². The van der Waals surface area contributed by atoms with Crippen LogP contribution in [0.3, 0.4) is 0 Å². The minimum atomic E-state index is 0.670. The Balaban J connectivity index is 0. The predicted molar refractivity (Wildman–Crippen MR) is 72.4 cm³/mol. The summed E-state index contributed by atoms with van der Waals surface area (Å²) in [5, 5.41) is 3.52. The number of nitrogens with one attached hydrogen (secondary N) is 1. The fraction of sp³-hybridized carbons (Fsp3) is 1.00. The summed E-state index contributed by atoms with van der Waals surface area (Å²) in [4.78, 5) is 0. The molecule has 1 nitrogen and oxygen atoms in total. The van der Waals surface area contributed by atoms with Crippen LogP contribution in [0.2, 0.25) is 0 Å². The maximum atomic E-state index is 3.52. The maximum absolute atomic E-state index is 3.52. The lowest BCUT2D eigenvalue weighted by Crippen LogP contribution is -2.61. The van der Waals surface area contributed by atoms with Crippen LogP contribution in [-0.4, -0.2) is 12.6 Å². The van der Waals surface area contributed by atoms with E-state index in [0.29, 0.717) is 5.41 Å². The zero-order chi connectivity index (χ0) is 12.3. The van der Waals surface area contributed by atoms with Crippen molar-refractivity contribution >= 4 is 0 Å². The van der Waals surface area contributed by atoms with Gasteiger partial charge < -0.3 is 5.32 Å². The summed E-state index contributed by atoms with van der Waals surface area (Å²) in [6, 6.07) is 0.812. The summed E-state index contributed by atoms with van der Waals surface area (Å²) in [5.74, 6) is 0. The third kappa shape index (κ3) is 4.55. The highest BCUT2D eigenvalue weighted by atomic mass is 15.0. The van der Waals surface area contributed by atoms with Crippen LogP contribution in [0.1, 0.15) is 74.1 Å². The van der Waals surface area contributed by atoms with Crippen molar-refractivity contribution in [3.8, 4) is 0 Å². The number of hydrogen-bond donors (Lipinski definition) is 1. The Kier molecular flexibility index (Phi) is 12.1. The highest BCUT2D eigenvalue weighted by Gasteiger charge is 2.42. The van der Waals surface area contributed by atoms with Gasteiger partial charge in [-0.05, 0) is 24.7 Å². The normalized spacial score (nSPS) is 27.8. The van der Waals surface area contributed by atoms with Crippen LogP contribution in [-0.2, 0) is 0 Å². The number of hydrogen-bond acceptors (Lipinski definition) is 1. The lowest BCUT2D eigenvalue weighted by Gasteiger charge is -2.50. The zero-order valence-corrected chi connectivity index (χ0v) is 12.1. The van der Waals surface area contributed by atoms with Gasteiger partial charge >= 0.3 is 0 Å². The van der Waals surface area contributed by atoms with E-state index in [1.807, 2.05) is 27.7 Å². The van der Waals surface area contributed by atoms with E-state index in [1.54, 1.807) is 0 Å². The van der Waals surface area contributed by atoms with Crippen molar-refractivity contribution in [2.45, 2.75) is 80.2 Å². The van der Waals surface area contributed by atoms with E-state index in [1.165, 1.54) is 32.2 Å². The minimum Gasteiger partial charge on any atom is -0.313 e. The van der Waals surface area contributed by atoms with E-state index in [9.17, 15) is 0 Å². The van der Waals surface area contributed by atoms with Crippen molar-refractivity contribution in [2.24, 2.45) is 5.41 Å². The van der Waals surface area contributed by atoms with Gasteiger partial charge in [-0.1, -0.05) is 54.9 Å². The molecule has 1 saturated heterocycles. The fourth-order valence-electron chi connectivity index (χ4n) is 2.42. The van der Waals surface area contributed by atoms with E-state index in [-0.39, 0.29) is 0 Å². The molecule has 0 aromatic heterocycles. The lowest BCUT2D eigenvalue weighted by molar-refractivity contribution is 0.0619. The van der Waals surface area contributed by atoms with Crippen LogP contribution in [0.5, 0.6) is 0 Å². The van der Waals surface area contributed by atoms with Gasteiger partial charge in [0.25, 0.3) is 0 Å². The summed E-state index contributed by atoms with van der Waals surface area (Å²) >= 11 is 0. The first-order chi connectivity index (χ1) is 7.29. The van der Waals surface area contributed by atoms with Gasteiger partial charge in [-0.3, -0.25) is 0 Å². The second kappa shape index (κ2) is 10.5. The first-order valence-electron chi connectivity index (χ1n) is 7.02. The van der Waals surface area contributed by atoms with E-state index >= 15 is 0 Å². The lowest BCUT2D eigenvalue weighted by atomic mass is 9.67. The Bertz CT molecular complexity index is 117. The molecular formula is C14H33N. The smallest absolute Gasteiger partial charge is 0.0133 e. The Morgan fingerprint density at radius 3 is 1.80 bits per heavy atom. The second-order valence-corrected chi connectivity index (χ2v) is 3.81. The highest BCUT2D eigenvalue weighted by Crippen LogP contribution is 2.39. The van der Waals surface area contributed by atoms with Gasteiger partial charge in [-0.25, -0.2) is 0 Å². The molecule has 2 unspecified atom stereocenters. The van der Waals surface area contributed by atoms with E-state index < -0.39 is 0 Å².